The molecule has 2 heterocycles. The van der Waals surface area contributed by atoms with Crippen LogP contribution in [0, 0.1) is 0 Å². The van der Waals surface area contributed by atoms with E-state index in [4.69, 9.17) is 14.2 Å². The lowest BCUT2D eigenvalue weighted by atomic mass is 10.1. The zero-order valence-corrected chi connectivity index (χ0v) is 14.5. The smallest absolute Gasteiger partial charge is 0.257 e. The maximum absolute atomic E-state index is 12.9. The van der Waals surface area contributed by atoms with E-state index >= 15 is 0 Å². The van der Waals surface area contributed by atoms with Gasteiger partial charge in [-0.1, -0.05) is 6.07 Å². The first-order valence-electron chi connectivity index (χ1n) is 8.56. The van der Waals surface area contributed by atoms with Gasteiger partial charge in [-0.15, -0.1) is 0 Å². The van der Waals surface area contributed by atoms with E-state index in [2.05, 4.69) is 4.90 Å². The monoisotopic (exact) mass is 334 g/mol. The third kappa shape index (κ3) is 3.49. The summed E-state index contributed by atoms with van der Waals surface area (Å²) in [6.45, 7) is 5.04. The van der Waals surface area contributed by atoms with Crippen LogP contribution in [0.5, 0.6) is 11.5 Å². The summed E-state index contributed by atoms with van der Waals surface area (Å²) in [6, 6.07) is 6.03. The first kappa shape index (κ1) is 17.0. The Morgan fingerprint density at radius 3 is 2.42 bits per heavy atom. The molecule has 1 aromatic carbocycles. The number of nitrogens with zero attached hydrogens (tertiary/aromatic N) is 2. The van der Waals surface area contributed by atoms with Crippen LogP contribution in [-0.4, -0.2) is 75.4 Å². The van der Waals surface area contributed by atoms with Crippen LogP contribution >= 0.6 is 0 Å². The molecule has 6 heteroatoms. The van der Waals surface area contributed by atoms with Gasteiger partial charge in [0, 0.05) is 45.4 Å². The molecule has 0 N–H and O–H groups in total. The maximum Gasteiger partial charge on any atom is 0.257 e. The molecule has 24 heavy (non-hydrogen) atoms. The van der Waals surface area contributed by atoms with Crippen LogP contribution in [0.1, 0.15) is 23.2 Å². The Bertz CT molecular complexity index is 564. The van der Waals surface area contributed by atoms with Gasteiger partial charge in [0.25, 0.3) is 5.91 Å². The molecule has 0 aromatic heterocycles. The van der Waals surface area contributed by atoms with Gasteiger partial charge in [0.1, 0.15) is 0 Å². The zero-order chi connectivity index (χ0) is 16.9. The molecule has 0 bridgehead atoms. The van der Waals surface area contributed by atoms with Gasteiger partial charge in [0.2, 0.25) is 0 Å². The predicted molar refractivity (Wildman–Crippen MR) is 90.9 cm³/mol. The highest BCUT2D eigenvalue weighted by atomic mass is 16.5. The molecule has 2 saturated heterocycles. The lowest BCUT2D eigenvalue weighted by Gasteiger charge is -2.40. The fourth-order valence-corrected chi connectivity index (χ4v) is 3.57. The summed E-state index contributed by atoms with van der Waals surface area (Å²) in [5, 5.41) is 0. The molecule has 0 aliphatic carbocycles. The normalized spacial score (nSPS) is 20.0. The summed E-state index contributed by atoms with van der Waals surface area (Å²) >= 11 is 0. The number of benzene rings is 1. The van der Waals surface area contributed by atoms with Crippen molar-refractivity contribution in [2.24, 2.45) is 0 Å². The SMILES string of the molecule is COc1cccc(C(=O)N2CCN(C3CCOCC3)CC2)c1OC. The largest absolute Gasteiger partial charge is 0.493 e. The molecular formula is C18H26N2O4. The van der Waals surface area contributed by atoms with E-state index in [1.165, 1.54) is 0 Å². The highest BCUT2D eigenvalue weighted by Gasteiger charge is 2.29. The van der Waals surface area contributed by atoms with Gasteiger partial charge in [-0.3, -0.25) is 9.69 Å². The van der Waals surface area contributed by atoms with Crippen LogP contribution in [0.15, 0.2) is 18.2 Å². The topological polar surface area (TPSA) is 51.2 Å². The molecule has 2 aliphatic rings. The third-order valence-corrected chi connectivity index (χ3v) is 4.94. The molecule has 132 valence electrons. The number of amides is 1. The van der Waals surface area contributed by atoms with Crippen molar-refractivity contribution in [3.63, 3.8) is 0 Å². The molecule has 0 radical (unpaired) electrons. The zero-order valence-electron chi connectivity index (χ0n) is 14.5. The molecule has 2 aliphatic heterocycles. The van der Waals surface area contributed by atoms with Crippen molar-refractivity contribution in [3.8, 4) is 11.5 Å². The Morgan fingerprint density at radius 2 is 1.79 bits per heavy atom. The lowest BCUT2D eigenvalue weighted by molar-refractivity contribution is 0.0136. The number of para-hydroxylation sites is 1. The minimum atomic E-state index is 0.0115. The number of piperazine rings is 1. The number of rotatable bonds is 4. The van der Waals surface area contributed by atoms with E-state index in [1.54, 1.807) is 26.4 Å². The summed E-state index contributed by atoms with van der Waals surface area (Å²) in [7, 11) is 3.15. The van der Waals surface area contributed by atoms with Crippen molar-refractivity contribution in [2.45, 2.75) is 18.9 Å². The van der Waals surface area contributed by atoms with Crippen molar-refractivity contribution < 1.29 is 19.0 Å². The van der Waals surface area contributed by atoms with Crippen LogP contribution < -0.4 is 9.47 Å². The van der Waals surface area contributed by atoms with Gasteiger partial charge in [-0.25, -0.2) is 0 Å². The van der Waals surface area contributed by atoms with E-state index in [1.807, 2.05) is 11.0 Å². The first-order chi connectivity index (χ1) is 11.7. The molecule has 0 atom stereocenters. The molecule has 6 nitrogen and oxygen atoms in total. The quantitative estimate of drug-likeness (QED) is 0.838. The fraction of sp³-hybridized carbons (Fsp3) is 0.611. The van der Waals surface area contributed by atoms with Gasteiger partial charge >= 0.3 is 0 Å². The number of hydrogen-bond donors (Lipinski definition) is 0. The van der Waals surface area contributed by atoms with Crippen molar-refractivity contribution in [3.05, 3.63) is 23.8 Å². The van der Waals surface area contributed by atoms with Crippen LogP contribution in [0.2, 0.25) is 0 Å². The second-order valence-corrected chi connectivity index (χ2v) is 6.21. The molecular weight excluding hydrogens is 308 g/mol. The molecule has 1 amide bonds. The van der Waals surface area contributed by atoms with Crippen molar-refractivity contribution >= 4 is 5.91 Å². The highest BCUT2D eigenvalue weighted by Crippen LogP contribution is 2.31. The Labute approximate surface area is 143 Å². The third-order valence-electron chi connectivity index (χ3n) is 4.94. The number of carbonyl (C=O) groups is 1. The Morgan fingerprint density at radius 1 is 1.08 bits per heavy atom. The standard InChI is InChI=1S/C18H26N2O4/c1-22-16-5-3-4-15(17(16)23-2)18(21)20-10-8-19(9-11-20)14-6-12-24-13-7-14/h3-5,14H,6-13H2,1-2H3. The average Bonchev–Trinajstić information content (AvgIpc) is 2.67. The predicted octanol–water partition coefficient (Wildman–Crippen LogP) is 1.64. The lowest BCUT2D eigenvalue weighted by Crippen LogP contribution is -2.53. The summed E-state index contributed by atoms with van der Waals surface area (Å²) < 4.78 is 16.1. The van der Waals surface area contributed by atoms with Gasteiger partial charge in [0.15, 0.2) is 11.5 Å². The minimum Gasteiger partial charge on any atom is -0.493 e. The van der Waals surface area contributed by atoms with Crippen molar-refractivity contribution in [1.29, 1.82) is 0 Å². The minimum absolute atomic E-state index is 0.0115. The molecule has 0 saturated carbocycles. The van der Waals surface area contributed by atoms with E-state index in [0.29, 0.717) is 23.1 Å². The summed E-state index contributed by atoms with van der Waals surface area (Å²) in [6.07, 6.45) is 2.19. The molecule has 3 rings (SSSR count). The second kappa shape index (κ2) is 7.85. The number of ether oxygens (including phenoxy) is 3. The van der Waals surface area contributed by atoms with Gasteiger partial charge in [-0.05, 0) is 25.0 Å². The Balaban J connectivity index is 1.65. The first-order valence-corrected chi connectivity index (χ1v) is 8.56. The maximum atomic E-state index is 12.9. The van der Waals surface area contributed by atoms with Crippen LogP contribution in [-0.2, 0) is 4.74 Å². The highest BCUT2D eigenvalue weighted by molar-refractivity contribution is 5.97. The van der Waals surface area contributed by atoms with E-state index < -0.39 is 0 Å². The van der Waals surface area contributed by atoms with E-state index in [9.17, 15) is 4.79 Å². The fourth-order valence-electron chi connectivity index (χ4n) is 3.57. The van der Waals surface area contributed by atoms with Crippen LogP contribution in [0.25, 0.3) is 0 Å². The van der Waals surface area contributed by atoms with E-state index in [-0.39, 0.29) is 5.91 Å². The van der Waals surface area contributed by atoms with Crippen LogP contribution in [0.3, 0.4) is 0 Å². The Hall–Kier alpha value is -1.79. The van der Waals surface area contributed by atoms with E-state index in [0.717, 1.165) is 52.2 Å². The molecule has 1 aromatic rings. The molecule has 0 spiro atoms. The number of methoxy groups -OCH3 is 2. The van der Waals surface area contributed by atoms with Gasteiger partial charge in [-0.2, -0.15) is 0 Å². The Kier molecular flexibility index (Phi) is 5.58. The van der Waals surface area contributed by atoms with Crippen LogP contribution in [0.4, 0.5) is 0 Å². The van der Waals surface area contributed by atoms with Gasteiger partial charge < -0.3 is 19.1 Å². The summed E-state index contributed by atoms with van der Waals surface area (Å²) in [5.41, 5.74) is 0.566. The molecule has 2 fully saturated rings. The summed E-state index contributed by atoms with van der Waals surface area (Å²) in [4.78, 5) is 17.3. The number of carbonyl (C=O) groups excluding carboxylic acids is 1. The average molecular weight is 334 g/mol. The number of hydrogen-bond acceptors (Lipinski definition) is 5. The van der Waals surface area contributed by atoms with Crippen molar-refractivity contribution in [2.75, 3.05) is 53.6 Å². The van der Waals surface area contributed by atoms with Crippen molar-refractivity contribution in [1.82, 2.24) is 9.80 Å². The van der Waals surface area contributed by atoms with Gasteiger partial charge in [0.05, 0.1) is 19.8 Å². The second-order valence-electron chi connectivity index (χ2n) is 6.21. The summed E-state index contributed by atoms with van der Waals surface area (Å²) in [5.74, 6) is 1.11. The molecule has 0 unspecified atom stereocenters.